The molecule has 0 radical (unpaired) electrons. The van der Waals surface area contributed by atoms with Gasteiger partial charge in [0.05, 0.1) is 18.4 Å². The van der Waals surface area contributed by atoms with E-state index in [1.165, 1.54) is 24.0 Å². The number of aromatic nitrogens is 4. The normalized spacial score (nSPS) is 13.5. The smallest absolute Gasteiger partial charge is 0.293 e. The van der Waals surface area contributed by atoms with E-state index in [4.69, 9.17) is 4.42 Å². The second-order valence-corrected chi connectivity index (χ2v) is 7.71. The van der Waals surface area contributed by atoms with Crippen LogP contribution >= 0.6 is 11.3 Å². The van der Waals surface area contributed by atoms with Gasteiger partial charge in [0.25, 0.3) is 5.91 Å². The van der Waals surface area contributed by atoms with Crippen LogP contribution in [0.4, 0.5) is 5.13 Å². The maximum atomic E-state index is 12.2. The highest BCUT2D eigenvalue weighted by Crippen LogP contribution is 2.17. The SMILES string of the molecule is O=C(Cc1csc(NC(=O)c2ccco2)n1)NCCc1nnc2n1CCCCC2. The number of anilines is 1. The topological polar surface area (TPSA) is 115 Å². The molecule has 0 saturated carbocycles. The summed E-state index contributed by atoms with van der Waals surface area (Å²) in [6.07, 6.45) is 6.74. The lowest BCUT2D eigenvalue weighted by atomic mass is 10.2. The summed E-state index contributed by atoms with van der Waals surface area (Å²) >= 11 is 1.27. The average molecular weight is 414 g/mol. The van der Waals surface area contributed by atoms with Gasteiger partial charge in [-0.1, -0.05) is 6.42 Å². The number of carbonyl (C=O) groups is 2. The molecule has 0 bridgehead atoms. The van der Waals surface area contributed by atoms with Crippen LogP contribution in [-0.4, -0.2) is 38.1 Å². The lowest BCUT2D eigenvalue weighted by Crippen LogP contribution is -2.28. The predicted octanol–water partition coefficient (Wildman–Crippen LogP) is 2.21. The average Bonchev–Trinajstić information content (AvgIpc) is 3.42. The van der Waals surface area contributed by atoms with Gasteiger partial charge in [-0.05, 0) is 25.0 Å². The van der Waals surface area contributed by atoms with E-state index in [0.29, 0.717) is 23.8 Å². The second kappa shape index (κ2) is 8.99. The van der Waals surface area contributed by atoms with Crippen molar-refractivity contribution in [1.82, 2.24) is 25.1 Å². The van der Waals surface area contributed by atoms with Crippen molar-refractivity contribution in [2.45, 2.75) is 45.1 Å². The molecule has 3 aromatic rings. The number of nitrogens with one attached hydrogen (secondary N) is 2. The summed E-state index contributed by atoms with van der Waals surface area (Å²) in [4.78, 5) is 28.4. The van der Waals surface area contributed by atoms with Crippen molar-refractivity contribution in [2.75, 3.05) is 11.9 Å². The number of carbonyl (C=O) groups excluding carboxylic acids is 2. The molecular formula is C19H22N6O3S. The van der Waals surface area contributed by atoms with Gasteiger partial charge in [-0.3, -0.25) is 14.9 Å². The van der Waals surface area contributed by atoms with Crippen molar-refractivity contribution in [3.63, 3.8) is 0 Å². The summed E-state index contributed by atoms with van der Waals surface area (Å²) in [5.41, 5.74) is 0.610. The molecule has 2 N–H and O–H groups in total. The molecule has 0 atom stereocenters. The molecule has 4 heterocycles. The van der Waals surface area contributed by atoms with Gasteiger partial charge in [-0.2, -0.15) is 0 Å². The third-order valence-corrected chi connectivity index (χ3v) is 5.52. The van der Waals surface area contributed by atoms with Crippen molar-refractivity contribution in [2.24, 2.45) is 0 Å². The van der Waals surface area contributed by atoms with E-state index in [1.54, 1.807) is 17.5 Å². The van der Waals surface area contributed by atoms with Crippen LogP contribution in [0, 0.1) is 0 Å². The lowest BCUT2D eigenvalue weighted by molar-refractivity contribution is -0.120. The Labute approximate surface area is 171 Å². The minimum absolute atomic E-state index is 0.116. The van der Waals surface area contributed by atoms with Crippen LogP contribution in [0.5, 0.6) is 0 Å². The number of hydrogen-bond acceptors (Lipinski definition) is 7. The number of aryl methyl sites for hydroxylation is 1. The van der Waals surface area contributed by atoms with Crippen LogP contribution in [0.2, 0.25) is 0 Å². The number of thiazole rings is 1. The first-order chi connectivity index (χ1) is 14.2. The zero-order valence-electron chi connectivity index (χ0n) is 15.9. The summed E-state index contributed by atoms with van der Waals surface area (Å²) in [6, 6.07) is 3.22. The Bertz CT molecular complexity index is 978. The van der Waals surface area contributed by atoms with Crippen molar-refractivity contribution in [3.05, 3.63) is 46.9 Å². The first-order valence-electron chi connectivity index (χ1n) is 9.66. The molecule has 0 spiro atoms. The van der Waals surface area contributed by atoms with Crippen molar-refractivity contribution >= 4 is 28.3 Å². The largest absolute Gasteiger partial charge is 0.459 e. The van der Waals surface area contributed by atoms with Crippen LogP contribution in [-0.2, 0) is 30.6 Å². The molecule has 1 aliphatic heterocycles. The number of rotatable bonds is 7. The fourth-order valence-corrected chi connectivity index (χ4v) is 3.99. The van der Waals surface area contributed by atoms with Gasteiger partial charge >= 0.3 is 0 Å². The molecule has 3 aromatic heterocycles. The van der Waals surface area contributed by atoms with Gasteiger partial charge in [-0.25, -0.2) is 4.98 Å². The second-order valence-electron chi connectivity index (χ2n) is 6.85. The van der Waals surface area contributed by atoms with Crippen LogP contribution in [0.15, 0.2) is 28.2 Å². The molecule has 9 nitrogen and oxygen atoms in total. The number of fused-ring (bicyclic) bond motifs is 1. The summed E-state index contributed by atoms with van der Waals surface area (Å²) in [7, 11) is 0. The molecular weight excluding hydrogens is 392 g/mol. The first-order valence-corrected chi connectivity index (χ1v) is 10.5. The van der Waals surface area contributed by atoms with Crippen LogP contribution in [0.3, 0.4) is 0 Å². The third kappa shape index (κ3) is 4.89. The Morgan fingerprint density at radius 2 is 2.17 bits per heavy atom. The van der Waals surface area contributed by atoms with E-state index >= 15 is 0 Å². The fraction of sp³-hybridized carbons (Fsp3) is 0.421. The predicted molar refractivity (Wildman–Crippen MR) is 107 cm³/mol. The highest BCUT2D eigenvalue weighted by molar-refractivity contribution is 7.14. The summed E-state index contributed by atoms with van der Waals surface area (Å²) in [5.74, 6) is 1.71. The van der Waals surface area contributed by atoms with Crippen molar-refractivity contribution < 1.29 is 14.0 Å². The molecule has 0 fully saturated rings. The Balaban J connectivity index is 1.24. The van der Waals surface area contributed by atoms with E-state index in [2.05, 4.69) is 30.4 Å². The molecule has 4 rings (SSSR count). The van der Waals surface area contributed by atoms with E-state index in [1.807, 2.05) is 0 Å². The van der Waals surface area contributed by atoms with Crippen molar-refractivity contribution in [3.8, 4) is 0 Å². The number of hydrogen-bond donors (Lipinski definition) is 2. The minimum Gasteiger partial charge on any atom is -0.459 e. The van der Waals surface area contributed by atoms with Crippen molar-refractivity contribution in [1.29, 1.82) is 0 Å². The molecule has 29 heavy (non-hydrogen) atoms. The lowest BCUT2D eigenvalue weighted by Gasteiger charge is -2.07. The first kappa shape index (κ1) is 19.3. The summed E-state index contributed by atoms with van der Waals surface area (Å²) < 4.78 is 7.23. The molecule has 0 aromatic carbocycles. The van der Waals surface area contributed by atoms with Crippen LogP contribution < -0.4 is 10.6 Å². The van der Waals surface area contributed by atoms with Crippen LogP contribution in [0.25, 0.3) is 0 Å². The van der Waals surface area contributed by atoms with E-state index in [0.717, 1.165) is 37.5 Å². The zero-order valence-corrected chi connectivity index (χ0v) is 16.7. The minimum atomic E-state index is -0.368. The number of furan rings is 1. The molecule has 0 unspecified atom stereocenters. The highest BCUT2D eigenvalue weighted by Gasteiger charge is 2.15. The van der Waals surface area contributed by atoms with Gasteiger partial charge in [0.2, 0.25) is 5.91 Å². The Hall–Kier alpha value is -3.01. The van der Waals surface area contributed by atoms with E-state index in [9.17, 15) is 9.59 Å². The van der Waals surface area contributed by atoms with Gasteiger partial charge in [0.1, 0.15) is 11.6 Å². The monoisotopic (exact) mass is 414 g/mol. The molecule has 10 heteroatoms. The quantitative estimate of drug-likeness (QED) is 0.612. The zero-order chi connectivity index (χ0) is 20.1. The molecule has 1 aliphatic rings. The standard InChI is InChI=1S/C19H22N6O3S/c26-17(20-8-7-16-24-23-15-6-2-1-3-9-25(15)16)11-13-12-29-19(21-13)22-18(27)14-5-4-10-28-14/h4-5,10,12H,1-3,6-9,11H2,(H,20,26)(H,21,22,27). The molecule has 152 valence electrons. The Morgan fingerprint density at radius 3 is 3.03 bits per heavy atom. The number of nitrogens with zero attached hydrogens (tertiary/aromatic N) is 4. The molecule has 0 aliphatic carbocycles. The van der Waals surface area contributed by atoms with E-state index < -0.39 is 0 Å². The van der Waals surface area contributed by atoms with Gasteiger partial charge in [0, 0.05) is 31.3 Å². The highest BCUT2D eigenvalue weighted by atomic mass is 32.1. The molecule has 2 amide bonds. The Kier molecular flexibility index (Phi) is 5.99. The number of amides is 2. The maximum absolute atomic E-state index is 12.2. The molecule has 0 saturated heterocycles. The van der Waals surface area contributed by atoms with Gasteiger partial charge in [-0.15, -0.1) is 21.5 Å². The summed E-state index contributed by atoms with van der Waals surface area (Å²) in [6.45, 7) is 1.46. The fourth-order valence-electron chi connectivity index (χ4n) is 3.28. The van der Waals surface area contributed by atoms with E-state index in [-0.39, 0.29) is 24.0 Å². The van der Waals surface area contributed by atoms with Gasteiger partial charge < -0.3 is 14.3 Å². The Morgan fingerprint density at radius 1 is 1.24 bits per heavy atom. The third-order valence-electron chi connectivity index (χ3n) is 4.72. The van der Waals surface area contributed by atoms with Gasteiger partial charge in [0.15, 0.2) is 10.9 Å². The summed E-state index contributed by atoms with van der Waals surface area (Å²) in [5, 5.41) is 16.3. The maximum Gasteiger partial charge on any atom is 0.293 e. The van der Waals surface area contributed by atoms with Crippen LogP contribution in [0.1, 0.15) is 47.2 Å².